The smallest absolute Gasteiger partial charge is 0.136 e. The van der Waals surface area contributed by atoms with Gasteiger partial charge in [0, 0.05) is 18.1 Å². The third-order valence-corrected chi connectivity index (χ3v) is 3.36. The second-order valence-corrected chi connectivity index (χ2v) is 5.34. The normalized spacial score (nSPS) is 19.5. The van der Waals surface area contributed by atoms with Crippen LogP contribution in [0.25, 0.3) is 0 Å². The van der Waals surface area contributed by atoms with E-state index in [2.05, 4.69) is 0 Å². The van der Waals surface area contributed by atoms with Crippen molar-refractivity contribution < 1.29 is 17.8 Å². The Morgan fingerprint density at radius 1 is 1.21 bits per heavy atom. The van der Waals surface area contributed by atoms with Crippen LogP contribution in [0.2, 0.25) is 0 Å². The van der Waals surface area contributed by atoms with Crippen LogP contribution in [0, 0.1) is 5.92 Å². The van der Waals surface area contributed by atoms with E-state index in [9.17, 15) is 17.8 Å². The molecule has 14 heavy (non-hydrogen) atoms. The van der Waals surface area contributed by atoms with Crippen molar-refractivity contribution in [2.24, 2.45) is 5.92 Å². The van der Waals surface area contributed by atoms with Crippen LogP contribution >= 0.6 is 0 Å². The minimum atomic E-state index is -4.23. The molecule has 0 amide bonds. The van der Waals surface area contributed by atoms with E-state index < -0.39 is 15.9 Å². The maximum Gasteiger partial charge on any atom is 0.136 e. The Hall–Kier alpha value is -0.420. The van der Waals surface area contributed by atoms with Crippen LogP contribution < -0.4 is 0 Å². The van der Waals surface area contributed by atoms with E-state index in [4.69, 9.17) is 0 Å². The Bertz CT molecular complexity index is 288. The van der Waals surface area contributed by atoms with E-state index in [0.717, 1.165) is 32.1 Å². The lowest BCUT2D eigenvalue weighted by Crippen LogP contribution is -2.20. The molecule has 1 saturated carbocycles. The van der Waals surface area contributed by atoms with Gasteiger partial charge in [-0.05, 0) is 12.8 Å². The van der Waals surface area contributed by atoms with Crippen LogP contribution in [0.5, 0.6) is 0 Å². The molecule has 0 aromatic rings. The minimum Gasteiger partial charge on any atom is -0.748 e. The third-order valence-electron chi connectivity index (χ3n) is 2.66. The van der Waals surface area contributed by atoms with Gasteiger partial charge in [-0.2, -0.15) is 0 Å². The molecule has 0 aromatic carbocycles. The molecule has 0 atom stereocenters. The molecule has 0 heterocycles. The van der Waals surface area contributed by atoms with Crippen molar-refractivity contribution in [3.05, 3.63) is 0 Å². The van der Waals surface area contributed by atoms with Crippen LogP contribution in [0.4, 0.5) is 0 Å². The molecule has 0 saturated heterocycles. The lowest BCUT2D eigenvalue weighted by Gasteiger charge is -2.20. The molecule has 82 valence electrons. The molecule has 1 aliphatic rings. The first kappa shape index (κ1) is 11.7. The molecule has 0 aromatic heterocycles. The molecule has 1 fully saturated rings. The van der Waals surface area contributed by atoms with Gasteiger partial charge in [-0.1, -0.05) is 19.3 Å². The first-order valence-corrected chi connectivity index (χ1v) is 6.53. The van der Waals surface area contributed by atoms with Crippen LogP contribution in [0.15, 0.2) is 0 Å². The van der Waals surface area contributed by atoms with Crippen molar-refractivity contribution in [3.63, 3.8) is 0 Å². The maximum absolute atomic E-state index is 11.4. The zero-order valence-corrected chi connectivity index (χ0v) is 8.88. The maximum atomic E-state index is 11.4. The molecular formula is C9H15O4S-. The molecule has 0 spiro atoms. The van der Waals surface area contributed by atoms with Gasteiger partial charge in [0.1, 0.15) is 5.78 Å². The number of Topliss-reactive ketones (excluding diaryl/α,β-unsaturated/α-hetero) is 1. The first-order chi connectivity index (χ1) is 6.49. The number of carbonyl (C=O) groups is 1. The molecule has 1 rings (SSSR count). The molecule has 0 radical (unpaired) electrons. The highest BCUT2D eigenvalue weighted by atomic mass is 32.2. The fourth-order valence-corrected chi connectivity index (χ4v) is 2.31. The van der Waals surface area contributed by atoms with Crippen molar-refractivity contribution in [1.29, 1.82) is 0 Å². The Labute approximate surface area is 84.4 Å². The monoisotopic (exact) mass is 219 g/mol. The highest BCUT2D eigenvalue weighted by Crippen LogP contribution is 2.25. The lowest BCUT2D eigenvalue weighted by atomic mass is 9.85. The van der Waals surface area contributed by atoms with Crippen LogP contribution in [0.1, 0.15) is 38.5 Å². The van der Waals surface area contributed by atoms with Gasteiger partial charge in [0.05, 0.1) is 10.1 Å². The van der Waals surface area contributed by atoms with Gasteiger partial charge in [0.2, 0.25) is 0 Å². The van der Waals surface area contributed by atoms with Gasteiger partial charge in [-0.3, -0.25) is 4.79 Å². The van der Waals surface area contributed by atoms with E-state index in [0.29, 0.717) is 0 Å². The van der Waals surface area contributed by atoms with Gasteiger partial charge >= 0.3 is 0 Å². The Kier molecular flexibility index (Phi) is 4.07. The summed E-state index contributed by atoms with van der Waals surface area (Å²) in [5.74, 6) is -0.586. The fourth-order valence-electron chi connectivity index (χ4n) is 1.85. The van der Waals surface area contributed by atoms with E-state index in [1.165, 1.54) is 0 Å². The van der Waals surface area contributed by atoms with E-state index >= 15 is 0 Å². The molecule has 0 bridgehead atoms. The quantitative estimate of drug-likeness (QED) is 0.663. The van der Waals surface area contributed by atoms with Crippen molar-refractivity contribution in [1.82, 2.24) is 0 Å². The van der Waals surface area contributed by atoms with E-state index in [-0.39, 0.29) is 18.1 Å². The van der Waals surface area contributed by atoms with Gasteiger partial charge in [0.15, 0.2) is 0 Å². The highest BCUT2D eigenvalue weighted by Gasteiger charge is 2.20. The lowest BCUT2D eigenvalue weighted by molar-refractivity contribution is -0.123. The number of ketones is 1. The van der Waals surface area contributed by atoms with Crippen molar-refractivity contribution in [3.8, 4) is 0 Å². The number of hydrogen-bond acceptors (Lipinski definition) is 4. The average Bonchev–Trinajstić information content (AvgIpc) is 2.14. The third kappa shape index (κ3) is 4.19. The standard InChI is InChI=1S/C9H16O4S/c10-9(6-7-14(11,12)13)8-4-2-1-3-5-8/h8H,1-7H2,(H,11,12,13)/p-1. The SMILES string of the molecule is O=C(CCS(=O)(=O)[O-])C1CCCCC1. The summed E-state index contributed by atoms with van der Waals surface area (Å²) in [5.41, 5.74) is 0. The molecule has 0 unspecified atom stereocenters. The summed E-state index contributed by atoms with van der Waals surface area (Å²) in [5, 5.41) is 0. The number of rotatable bonds is 4. The Balaban J connectivity index is 2.34. The summed E-state index contributed by atoms with van der Waals surface area (Å²) in [6.07, 6.45) is 4.86. The molecule has 5 heteroatoms. The van der Waals surface area contributed by atoms with E-state index in [1.807, 2.05) is 0 Å². The van der Waals surface area contributed by atoms with Gasteiger partial charge in [-0.15, -0.1) is 0 Å². The second kappa shape index (κ2) is 4.89. The summed E-state index contributed by atoms with van der Waals surface area (Å²) >= 11 is 0. The Morgan fingerprint density at radius 2 is 1.79 bits per heavy atom. The van der Waals surface area contributed by atoms with Crippen molar-refractivity contribution >= 4 is 15.9 Å². The highest BCUT2D eigenvalue weighted by molar-refractivity contribution is 7.85. The van der Waals surface area contributed by atoms with Gasteiger partial charge in [0.25, 0.3) is 0 Å². The zero-order chi connectivity index (χ0) is 10.6. The average molecular weight is 219 g/mol. The Morgan fingerprint density at radius 3 is 2.29 bits per heavy atom. The summed E-state index contributed by atoms with van der Waals surface area (Å²) in [4.78, 5) is 11.4. The minimum absolute atomic E-state index is 0.00509. The molecule has 1 aliphatic carbocycles. The molecule has 4 nitrogen and oxygen atoms in total. The summed E-state index contributed by atoms with van der Waals surface area (Å²) < 4.78 is 30.9. The van der Waals surface area contributed by atoms with Crippen molar-refractivity contribution in [2.45, 2.75) is 38.5 Å². The molecular weight excluding hydrogens is 204 g/mol. The first-order valence-electron chi connectivity index (χ1n) is 4.95. The predicted molar refractivity (Wildman–Crippen MR) is 50.8 cm³/mol. The largest absolute Gasteiger partial charge is 0.748 e. The number of hydrogen-bond donors (Lipinski definition) is 0. The zero-order valence-electron chi connectivity index (χ0n) is 8.07. The second-order valence-electron chi connectivity index (χ2n) is 3.81. The molecule has 0 N–H and O–H groups in total. The topological polar surface area (TPSA) is 74.3 Å². The van der Waals surface area contributed by atoms with Crippen molar-refractivity contribution in [2.75, 3.05) is 5.75 Å². The number of carbonyl (C=O) groups excluding carboxylic acids is 1. The van der Waals surface area contributed by atoms with Gasteiger partial charge < -0.3 is 4.55 Å². The van der Waals surface area contributed by atoms with Crippen LogP contribution in [-0.4, -0.2) is 24.5 Å². The van der Waals surface area contributed by atoms with Gasteiger partial charge in [-0.25, -0.2) is 8.42 Å². The summed E-state index contributed by atoms with van der Waals surface area (Å²) in [6.45, 7) is 0. The summed E-state index contributed by atoms with van der Waals surface area (Å²) in [6, 6.07) is 0. The summed E-state index contributed by atoms with van der Waals surface area (Å²) in [7, 11) is -4.23. The van der Waals surface area contributed by atoms with E-state index in [1.54, 1.807) is 0 Å². The fraction of sp³-hybridized carbons (Fsp3) is 0.889. The molecule has 0 aliphatic heterocycles. The van der Waals surface area contributed by atoms with Crippen LogP contribution in [0.3, 0.4) is 0 Å². The van der Waals surface area contributed by atoms with Crippen LogP contribution in [-0.2, 0) is 14.9 Å². The predicted octanol–water partition coefficient (Wildman–Crippen LogP) is 1.07.